The van der Waals surface area contributed by atoms with Gasteiger partial charge in [0, 0.05) is 23.4 Å². The third-order valence-electron chi connectivity index (χ3n) is 4.65. The van der Waals surface area contributed by atoms with Gasteiger partial charge in [-0.3, -0.25) is 19.7 Å². The number of aldehydes is 1. The number of non-ortho nitro benzene ring substituents is 1. The van der Waals surface area contributed by atoms with Gasteiger partial charge in [-0.1, -0.05) is 6.07 Å². The Morgan fingerprint density at radius 3 is 2.66 bits per heavy atom. The number of nitrogens with one attached hydrogen (secondary N) is 1. The van der Waals surface area contributed by atoms with Crippen molar-refractivity contribution >= 4 is 45.1 Å². The first-order chi connectivity index (χ1) is 15.4. The van der Waals surface area contributed by atoms with Crippen LogP contribution in [0.15, 0.2) is 60.7 Å². The van der Waals surface area contributed by atoms with Gasteiger partial charge in [-0.15, -0.1) is 11.3 Å². The van der Waals surface area contributed by atoms with Crippen molar-refractivity contribution in [3.05, 3.63) is 81.9 Å². The zero-order chi connectivity index (χ0) is 22.7. The number of hydrogen-bond donors (Lipinski definition) is 1. The largest absolute Gasteiger partial charge is 0.483 e. The van der Waals surface area contributed by atoms with Crippen LogP contribution >= 0.6 is 11.3 Å². The molecule has 8 nitrogen and oxygen atoms in total. The molecule has 0 fully saturated rings. The SMILES string of the molecule is Cc1ccc2nc(-c3ccc(NC(=O)COc4ccc([N+](=O)[O-])cc4C=O)cc3)sc2c1. The molecule has 1 heterocycles. The summed E-state index contributed by atoms with van der Waals surface area (Å²) in [5.41, 5.74) is 3.43. The molecule has 0 aliphatic carbocycles. The van der Waals surface area contributed by atoms with Crippen molar-refractivity contribution in [1.29, 1.82) is 0 Å². The molecule has 3 aromatic carbocycles. The zero-order valence-corrected chi connectivity index (χ0v) is 17.7. The Labute approximate surface area is 186 Å². The molecule has 160 valence electrons. The minimum absolute atomic E-state index is 0.00220. The van der Waals surface area contributed by atoms with E-state index >= 15 is 0 Å². The van der Waals surface area contributed by atoms with Gasteiger partial charge in [0.15, 0.2) is 12.9 Å². The summed E-state index contributed by atoms with van der Waals surface area (Å²) in [4.78, 5) is 38.2. The van der Waals surface area contributed by atoms with Crippen LogP contribution in [0.25, 0.3) is 20.8 Å². The molecule has 0 bridgehead atoms. The molecule has 0 saturated carbocycles. The highest BCUT2D eigenvalue weighted by molar-refractivity contribution is 7.21. The molecule has 0 unspecified atom stereocenters. The maximum atomic E-state index is 12.2. The first kappa shape index (κ1) is 21.1. The van der Waals surface area contributed by atoms with E-state index in [1.54, 1.807) is 23.5 Å². The van der Waals surface area contributed by atoms with Gasteiger partial charge >= 0.3 is 0 Å². The molecule has 0 spiro atoms. The predicted molar refractivity (Wildman–Crippen MR) is 122 cm³/mol. The molecule has 1 aromatic heterocycles. The maximum absolute atomic E-state index is 12.2. The number of carbonyl (C=O) groups is 2. The van der Waals surface area contributed by atoms with E-state index in [1.165, 1.54) is 17.7 Å². The van der Waals surface area contributed by atoms with Gasteiger partial charge in [-0.05, 0) is 55.0 Å². The number of amides is 1. The number of hydrogen-bond acceptors (Lipinski definition) is 7. The number of nitro benzene ring substituents is 1. The Balaban J connectivity index is 1.39. The number of fused-ring (bicyclic) bond motifs is 1. The van der Waals surface area contributed by atoms with Crippen LogP contribution in [0.2, 0.25) is 0 Å². The van der Waals surface area contributed by atoms with E-state index < -0.39 is 10.8 Å². The van der Waals surface area contributed by atoms with Gasteiger partial charge in [-0.25, -0.2) is 4.98 Å². The maximum Gasteiger partial charge on any atom is 0.270 e. The average molecular weight is 447 g/mol. The minimum Gasteiger partial charge on any atom is -0.483 e. The van der Waals surface area contributed by atoms with Crippen LogP contribution < -0.4 is 10.1 Å². The fourth-order valence-electron chi connectivity index (χ4n) is 3.06. The lowest BCUT2D eigenvalue weighted by Crippen LogP contribution is -2.20. The number of anilines is 1. The molecule has 32 heavy (non-hydrogen) atoms. The summed E-state index contributed by atoms with van der Waals surface area (Å²) < 4.78 is 6.48. The third kappa shape index (κ3) is 4.62. The highest BCUT2D eigenvalue weighted by atomic mass is 32.1. The van der Waals surface area contributed by atoms with Gasteiger partial charge < -0.3 is 10.1 Å². The highest BCUT2D eigenvalue weighted by Gasteiger charge is 2.13. The molecule has 4 aromatic rings. The number of carbonyl (C=O) groups excluding carboxylic acids is 2. The van der Waals surface area contributed by atoms with Gasteiger partial charge in [0.25, 0.3) is 11.6 Å². The molecule has 0 aliphatic heterocycles. The Morgan fingerprint density at radius 2 is 1.94 bits per heavy atom. The molecule has 0 radical (unpaired) electrons. The molecule has 1 amide bonds. The second-order valence-corrected chi connectivity index (χ2v) is 8.03. The van der Waals surface area contributed by atoms with E-state index in [0.29, 0.717) is 12.0 Å². The topological polar surface area (TPSA) is 111 Å². The Kier molecular flexibility index (Phi) is 5.91. The lowest BCUT2D eigenvalue weighted by atomic mass is 10.2. The highest BCUT2D eigenvalue weighted by Crippen LogP contribution is 2.31. The third-order valence-corrected chi connectivity index (χ3v) is 5.72. The first-order valence-electron chi connectivity index (χ1n) is 9.57. The summed E-state index contributed by atoms with van der Waals surface area (Å²) in [5, 5.41) is 14.4. The lowest BCUT2D eigenvalue weighted by Gasteiger charge is -2.09. The van der Waals surface area contributed by atoms with Gasteiger partial charge in [0.2, 0.25) is 0 Å². The fourth-order valence-corrected chi connectivity index (χ4v) is 4.13. The molecule has 4 rings (SSSR count). The van der Waals surface area contributed by atoms with Crippen LogP contribution in [0, 0.1) is 17.0 Å². The van der Waals surface area contributed by atoms with Crippen molar-refractivity contribution in [2.24, 2.45) is 0 Å². The van der Waals surface area contributed by atoms with Crippen molar-refractivity contribution in [3.8, 4) is 16.3 Å². The smallest absolute Gasteiger partial charge is 0.270 e. The Bertz CT molecular complexity index is 1330. The summed E-state index contributed by atoms with van der Waals surface area (Å²) >= 11 is 1.61. The van der Waals surface area contributed by atoms with E-state index in [-0.39, 0.29) is 23.6 Å². The number of aryl methyl sites for hydroxylation is 1. The van der Waals surface area contributed by atoms with Crippen LogP contribution in [0.3, 0.4) is 0 Å². The van der Waals surface area contributed by atoms with Crippen molar-refractivity contribution < 1.29 is 19.2 Å². The second kappa shape index (κ2) is 8.94. The van der Waals surface area contributed by atoms with Crippen LogP contribution in [0.5, 0.6) is 5.75 Å². The van der Waals surface area contributed by atoms with Gasteiger partial charge in [0.05, 0.1) is 20.7 Å². The van der Waals surface area contributed by atoms with Crippen LogP contribution in [0.1, 0.15) is 15.9 Å². The summed E-state index contributed by atoms with van der Waals surface area (Å²) in [5.74, 6) is -0.328. The predicted octanol–water partition coefficient (Wildman–Crippen LogP) is 5.01. The van der Waals surface area contributed by atoms with Crippen LogP contribution in [0.4, 0.5) is 11.4 Å². The molecule has 9 heteroatoms. The molecule has 0 atom stereocenters. The van der Waals surface area contributed by atoms with Crippen LogP contribution in [-0.4, -0.2) is 28.7 Å². The normalized spacial score (nSPS) is 10.7. The number of nitro groups is 1. The summed E-state index contributed by atoms with van der Waals surface area (Å²) in [6.07, 6.45) is 0.447. The lowest BCUT2D eigenvalue weighted by molar-refractivity contribution is -0.384. The standard InChI is InChI=1S/C23H17N3O5S/c1-14-2-8-19-21(10-14)32-23(25-19)15-3-5-17(6-4-15)24-22(28)13-31-20-9-7-18(26(29)30)11-16(20)12-27/h2-12H,13H2,1H3,(H,24,28). The van der Waals surface area contributed by atoms with Crippen molar-refractivity contribution in [2.75, 3.05) is 11.9 Å². The number of thiazole rings is 1. The molecule has 0 saturated heterocycles. The monoisotopic (exact) mass is 447 g/mol. The summed E-state index contributed by atoms with van der Waals surface area (Å²) in [6.45, 7) is 1.69. The van der Waals surface area contributed by atoms with E-state index in [9.17, 15) is 19.7 Å². The van der Waals surface area contributed by atoms with E-state index in [0.717, 1.165) is 26.9 Å². The van der Waals surface area contributed by atoms with Crippen LogP contribution in [-0.2, 0) is 4.79 Å². The quantitative estimate of drug-likeness (QED) is 0.242. The minimum atomic E-state index is -0.609. The number of nitrogens with zero attached hydrogens (tertiary/aromatic N) is 2. The molecule has 1 N–H and O–H groups in total. The zero-order valence-electron chi connectivity index (χ0n) is 16.9. The summed E-state index contributed by atoms with van der Waals surface area (Å²) in [6, 6.07) is 17.0. The van der Waals surface area contributed by atoms with Gasteiger partial charge in [-0.2, -0.15) is 0 Å². The molecular weight excluding hydrogens is 430 g/mol. The summed E-state index contributed by atoms with van der Waals surface area (Å²) in [7, 11) is 0. The molecular formula is C23H17N3O5S. The first-order valence-corrected chi connectivity index (χ1v) is 10.4. The average Bonchev–Trinajstić information content (AvgIpc) is 3.21. The van der Waals surface area contributed by atoms with E-state index in [2.05, 4.69) is 16.4 Å². The van der Waals surface area contributed by atoms with Crippen molar-refractivity contribution in [2.45, 2.75) is 6.92 Å². The number of ether oxygens (including phenoxy) is 1. The van der Waals surface area contributed by atoms with Crippen molar-refractivity contribution in [1.82, 2.24) is 4.98 Å². The van der Waals surface area contributed by atoms with Crippen molar-refractivity contribution in [3.63, 3.8) is 0 Å². The Hall–Kier alpha value is -4.11. The number of aromatic nitrogens is 1. The van der Waals surface area contributed by atoms with Gasteiger partial charge in [0.1, 0.15) is 10.8 Å². The molecule has 0 aliphatic rings. The number of benzene rings is 3. The number of rotatable bonds is 7. The Morgan fingerprint density at radius 1 is 1.16 bits per heavy atom. The second-order valence-electron chi connectivity index (χ2n) is 7.00. The fraction of sp³-hybridized carbons (Fsp3) is 0.0870. The van der Waals surface area contributed by atoms with E-state index in [1.807, 2.05) is 31.2 Å². The van der Waals surface area contributed by atoms with E-state index in [4.69, 9.17) is 4.74 Å².